The Hall–Kier alpha value is -1.62. The number of carbonyl (C=O) groups is 1. The number of aryl methyl sites for hydroxylation is 1. The lowest BCUT2D eigenvalue weighted by Gasteiger charge is -1.94. The Morgan fingerprint density at radius 1 is 1.50 bits per heavy atom. The summed E-state index contributed by atoms with van der Waals surface area (Å²) in [4.78, 5) is 10.7. The molecule has 0 aliphatic heterocycles. The van der Waals surface area contributed by atoms with E-state index in [4.69, 9.17) is 11.6 Å². The van der Waals surface area contributed by atoms with Crippen molar-refractivity contribution in [3.05, 3.63) is 29.2 Å². The summed E-state index contributed by atoms with van der Waals surface area (Å²) in [5, 5.41) is 8.56. The van der Waals surface area contributed by atoms with Crippen LogP contribution in [-0.4, -0.2) is 25.8 Å². The second-order valence-electron chi connectivity index (χ2n) is 2.80. The van der Waals surface area contributed by atoms with E-state index in [-0.39, 0.29) is 0 Å². The quantitative estimate of drug-likeness (QED) is 0.697. The summed E-state index contributed by atoms with van der Waals surface area (Å²) in [6.45, 7) is 0. The molecule has 0 aromatic carbocycles. The van der Waals surface area contributed by atoms with Crippen LogP contribution < -0.4 is 0 Å². The van der Waals surface area contributed by atoms with Crippen LogP contribution in [0.3, 0.4) is 0 Å². The van der Waals surface area contributed by atoms with Crippen molar-refractivity contribution in [3.63, 3.8) is 0 Å². The summed E-state index contributed by atoms with van der Waals surface area (Å²) in [5.41, 5.74) is 0.479. The van der Waals surface area contributed by atoms with Gasteiger partial charge in [-0.15, -0.1) is 0 Å². The van der Waals surface area contributed by atoms with Gasteiger partial charge in [-0.1, -0.05) is 11.6 Å². The van der Waals surface area contributed by atoms with Gasteiger partial charge in [0.1, 0.15) is 0 Å². The van der Waals surface area contributed by atoms with Crippen LogP contribution in [0.1, 0.15) is 10.4 Å². The van der Waals surface area contributed by atoms with Crippen molar-refractivity contribution in [3.8, 4) is 5.82 Å². The summed E-state index contributed by atoms with van der Waals surface area (Å²) >= 11 is 5.71. The van der Waals surface area contributed by atoms with Crippen molar-refractivity contribution in [2.75, 3.05) is 0 Å². The Morgan fingerprint density at radius 3 is 2.86 bits per heavy atom. The van der Waals surface area contributed by atoms with Gasteiger partial charge in [0, 0.05) is 13.2 Å². The molecule has 0 amide bonds. The zero-order valence-corrected chi connectivity index (χ0v) is 8.14. The normalized spacial score (nSPS) is 10.4. The van der Waals surface area contributed by atoms with Crippen LogP contribution in [0.15, 0.2) is 18.6 Å². The molecule has 0 spiro atoms. The zero-order chi connectivity index (χ0) is 10.1. The van der Waals surface area contributed by atoms with Gasteiger partial charge < -0.3 is 0 Å². The monoisotopic (exact) mass is 210 g/mol. The van der Waals surface area contributed by atoms with E-state index in [0.717, 1.165) is 6.29 Å². The highest BCUT2D eigenvalue weighted by atomic mass is 35.5. The van der Waals surface area contributed by atoms with E-state index >= 15 is 0 Å². The number of hydrogen-bond acceptors (Lipinski definition) is 3. The van der Waals surface area contributed by atoms with Gasteiger partial charge in [0.15, 0.2) is 12.1 Å². The Bertz CT molecular complexity index is 473. The molecule has 2 rings (SSSR count). The van der Waals surface area contributed by atoms with Crippen molar-refractivity contribution in [2.45, 2.75) is 0 Å². The number of aldehydes is 1. The fourth-order valence-corrected chi connectivity index (χ4v) is 1.31. The van der Waals surface area contributed by atoms with E-state index in [1.54, 1.807) is 24.1 Å². The van der Waals surface area contributed by atoms with Crippen LogP contribution in [0.2, 0.25) is 5.02 Å². The van der Waals surface area contributed by atoms with Gasteiger partial charge in [-0.2, -0.15) is 10.2 Å². The van der Waals surface area contributed by atoms with Crippen molar-refractivity contribution in [1.82, 2.24) is 19.6 Å². The minimum atomic E-state index is 0.479. The summed E-state index contributed by atoms with van der Waals surface area (Å²) in [5.74, 6) is 0.481. The van der Waals surface area contributed by atoms with Crippen molar-refractivity contribution < 1.29 is 4.79 Å². The fraction of sp³-hybridized carbons (Fsp3) is 0.125. The van der Waals surface area contributed by atoms with Crippen molar-refractivity contribution in [2.24, 2.45) is 7.05 Å². The first-order chi connectivity index (χ1) is 6.70. The second-order valence-corrected chi connectivity index (χ2v) is 3.24. The van der Waals surface area contributed by atoms with Gasteiger partial charge >= 0.3 is 0 Å². The van der Waals surface area contributed by atoms with Crippen LogP contribution in [0, 0.1) is 0 Å². The molecule has 2 aromatic heterocycles. The largest absolute Gasteiger partial charge is 0.298 e. The number of aromatic nitrogens is 4. The van der Waals surface area contributed by atoms with Crippen LogP contribution in [-0.2, 0) is 7.05 Å². The molecule has 0 unspecified atom stereocenters. The van der Waals surface area contributed by atoms with Gasteiger partial charge in [-0.3, -0.25) is 9.48 Å². The number of carbonyl (C=O) groups excluding carboxylic acids is 1. The molecular weight excluding hydrogens is 204 g/mol. The first-order valence-electron chi connectivity index (χ1n) is 3.90. The molecule has 0 aliphatic rings. The van der Waals surface area contributed by atoms with E-state index < -0.39 is 0 Å². The predicted octanol–water partition coefficient (Wildman–Crippen LogP) is 1.07. The maximum absolute atomic E-state index is 10.7. The van der Waals surface area contributed by atoms with Crippen LogP contribution in [0.4, 0.5) is 0 Å². The van der Waals surface area contributed by atoms with Crippen LogP contribution in [0.5, 0.6) is 0 Å². The third-order valence-electron chi connectivity index (χ3n) is 1.73. The van der Waals surface area contributed by atoms with Crippen LogP contribution >= 0.6 is 11.6 Å². The number of nitrogens with zero attached hydrogens (tertiary/aromatic N) is 4. The minimum Gasteiger partial charge on any atom is -0.298 e. The van der Waals surface area contributed by atoms with Gasteiger partial charge in [0.25, 0.3) is 0 Å². The molecule has 2 aromatic rings. The van der Waals surface area contributed by atoms with Crippen LogP contribution in [0.25, 0.3) is 5.82 Å². The lowest BCUT2D eigenvalue weighted by molar-refractivity contribution is 0.112. The lowest BCUT2D eigenvalue weighted by atomic mass is 10.4. The smallest absolute Gasteiger partial charge is 0.185 e. The fourth-order valence-electron chi connectivity index (χ4n) is 1.17. The molecule has 0 fully saturated rings. The molecule has 0 saturated carbocycles. The lowest BCUT2D eigenvalue weighted by Crippen LogP contribution is -1.99. The highest BCUT2D eigenvalue weighted by molar-refractivity contribution is 6.30. The average molecular weight is 211 g/mol. The van der Waals surface area contributed by atoms with Gasteiger partial charge in [0.2, 0.25) is 0 Å². The molecule has 2 heterocycles. The molecule has 72 valence electrons. The molecule has 5 nitrogen and oxygen atoms in total. The molecule has 0 saturated heterocycles. The maximum atomic E-state index is 10.7. The Balaban J connectivity index is 2.55. The van der Waals surface area contributed by atoms with Gasteiger partial charge in [-0.05, 0) is 0 Å². The highest BCUT2D eigenvalue weighted by Gasteiger charge is 2.09. The molecule has 14 heavy (non-hydrogen) atoms. The van der Waals surface area contributed by atoms with Gasteiger partial charge in [0.05, 0.1) is 23.0 Å². The molecule has 0 atom stereocenters. The number of halogens is 1. The Morgan fingerprint density at radius 2 is 2.29 bits per heavy atom. The molecule has 0 aliphatic carbocycles. The zero-order valence-electron chi connectivity index (χ0n) is 7.38. The minimum absolute atomic E-state index is 0.479. The summed E-state index contributed by atoms with van der Waals surface area (Å²) in [7, 11) is 1.74. The highest BCUT2D eigenvalue weighted by Crippen LogP contribution is 2.12. The third kappa shape index (κ3) is 1.42. The Labute approximate surface area is 84.9 Å². The average Bonchev–Trinajstić information content (AvgIpc) is 2.71. The topological polar surface area (TPSA) is 52.7 Å². The summed E-state index contributed by atoms with van der Waals surface area (Å²) < 4.78 is 3.01. The standard InChI is InChI=1S/C8H7ClN4O/c1-12-3-6(5-14)8(11-12)13-4-7(9)2-10-13/h2-5H,1H3. The first-order valence-corrected chi connectivity index (χ1v) is 4.28. The third-order valence-corrected chi connectivity index (χ3v) is 1.93. The molecule has 0 bridgehead atoms. The van der Waals surface area contributed by atoms with E-state index in [1.807, 2.05) is 0 Å². The SMILES string of the molecule is Cn1cc(C=O)c(-n2cc(Cl)cn2)n1. The Kier molecular flexibility index (Phi) is 2.09. The molecule has 0 N–H and O–H groups in total. The van der Waals surface area contributed by atoms with Gasteiger partial charge in [-0.25, -0.2) is 4.68 Å². The van der Waals surface area contributed by atoms with E-state index in [9.17, 15) is 4.79 Å². The second kappa shape index (κ2) is 3.26. The number of rotatable bonds is 2. The van der Waals surface area contributed by atoms with E-state index in [1.165, 1.54) is 10.9 Å². The number of hydrogen-bond donors (Lipinski definition) is 0. The molecule has 6 heteroatoms. The molecular formula is C8H7ClN4O. The maximum Gasteiger partial charge on any atom is 0.185 e. The van der Waals surface area contributed by atoms with E-state index in [2.05, 4.69) is 10.2 Å². The van der Waals surface area contributed by atoms with Crippen molar-refractivity contribution >= 4 is 17.9 Å². The molecule has 0 radical (unpaired) electrons. The van der Waals surface area contributed by atoms with E-state index in [0.29, 0.717) is 16.4 Å². The predicted molar refractivity (Wildman–Crippen MR) is 50.7 cm³/mol. The van der Waals surface area contributed by atoms with Crippen molar-refractivity contribution in [1.29, 1.82) is 0 Å². The summed E-state index contributed by atoms with van der Waals surface area (Å²) in [6, 6.07) is 0. The summed E-state index contributed by atoms with van der Waals surface area (Å²) in [6.07, 6.45) is 5.44. The first kappa shape index (κ1) is 8.96.